The molecule has 1 atom stereocenters. The second kappa shape index (κ2) is 6.14. The molecule has 1 saturated heterocycles. The molecule has 1 amide bonds. The van der Waals surface area contributed by atoms with E-state index in [2.05, 4.69) is 30.3 Å². The van der Waals surface area contributed by atoms with Gasteiger partial charge in [0.15, 0.2) is 0 Å². The number of carboxylic acid groups (broad SMARTS) is 1. The maximum absolute atomic E-state index is 11.0. The average Bonchev–Trinajstić information content (AvgIpc) is 2.53. The van der Waals surface area contributed by atoms with Gasteiger partial charge < -0.3 is 14.7 Å². The van der Waals surface area contributed by atoms with Gasteiger partial charge in [-0.25, -0.2) is 4.79 Å². The lowest BCUT2D eigenvalue weighted by Crippen LogP contribution is -2.42. The van der Waals surface area contributed by atoms with Crippen LogP contribution in [-0.2, 0) is 11.3 Å². The molecule has 0 saturated carbocycles. The Labute approximate surface area is 123 Å². The Morgan fingerprint density at radius 2 is 2.05 bits per heavy atom. The zero-order chi connectivity index (χ0) is 14.7. The van der Waals surface area contributed by atoms with Crippen LogP contribution in [-0.4, -0.2) is 35.3 Å². The Kier molecular flexibility index (Phi) is 4.06. The van der Waals surface area contributed by atoms with Crippen LogP contribution in [0.1, 0.15) is 18.4 Å². The Balaban J connectivity index is 1.62. The molecule has 1 fully saturated rings. The van der Waals surface area contributed by atoms with E-state index in [0.717, 1.165) is 18.4 Å². The van der Waals surface area contributed by atoms with Crippen molar-refractivity contribution in [3.63, 3.8) is 0 Å². The lowest BCUT2D eigenvalue weighted by atomic mass is 10.1. The van der Waals surface area contributed by atoms with Crippen LogP contribution in [0.25, 0.3) is 10.8 Å². The molecule has 2 aromatic carbocycles. The number of benzene rings is 2. The first-order valence-electron chi connectivity index (χ1n) is 7.29. The van der Waals surface area contributed by atoms with Crippen LogP contribution in [0.3, 0.4) is 0 Å². The van der Waals surface area contributed by atoms with Crippen molar-refractivity contribution in [3.05, 3.63) is 48.0 Å². The molecule has 0 aromatic heterocycles. The molecule has 0 radical (unpaired) electrons. The Bertz CT molecular complexity index is 641. The van der Waals surface area contributed by atoms with Crippen molar-refractivity contribution in [2.75, 3.05) is 13.1 Å². The number of hydrogen-bond donors (Lipinski definition) is 1. The van der Waals surface area contributed by atoms with Crippen molar-refractivity contribution in [1.82, 2.24) is 4.90 Å². The topological polar surface area (TPSA) is 49.8 Å². The van der Waals surface area contributed by atoms with E-state index in [1.54, 1.807) is 0 Å². The fourth-order valence-corrected chi connectivity index (χ4v) is 2.79. The normalized spacial score (nSPS) is 18.9. The first-order chi connectivity index (χ1) is 10.2. The molecule has 4 heteroatoms. The van der Waals surface area contributed by atoms with Gasteiger partial charge in [0.25, 0.3) is 0 Å². The number of carbonyl (C=O) groups is 1. The monoisotopic (exact) mass is 285 g/mol. The molecule has 0 bridgehead atoms. The fourth-order valence-electron chi connectivity index (χ4n) is 2.79. The molecule has 3 rings (SSSR count). The van der Waals surface area contributed by atoms with E-state index in [1.165, 1.54) is 15.7 Å². The predicted molar refractivity (Wildman–Crippen MR) is 81.4 cm³/mol. The number of ether oxygens (including phenoxy) is 1. The van der Waals surface area contributed by atoms with Gasteiger partial charge in [-0.1, -0.05) is 36.4 Å². The molecule has 110 valence electrons. The van der Waals surface area contributed by atoms with E-state index in [-0.39, 0.29) is 6.10 Å². The van der Waals surface area contributed by atoms with Crippen molar-refractivity contribution >= 4 is 16.9 Å². The molecule has 0 aliphatic carbocycles. The van der Waals surface area contributed by atoms with E-state index in [1.807, 2.05) is 12.1 Å². The summed E-state index contributed by atoms with van der Waals surface area (Å²) in [6.07, 6.45) is 0.946. The van der Waals surface area contributed by atoms with Crippen molar-refractivity contribution in [3.8, 4) is 0 Å². The lowest BCUT2D eigenvalue weighted by Gasteiger charge is -2.30. The SMILES string of the molecule is O=C(O)N1CCCC(OCc2ccc3ccccc3c2)C1. The molecule has 1 N–H and O–H groups in total. The summed E-state index contributed by atoms with van der Waals surface area (Å²) in [4.78, 5) is 12.4. The third kappa shape index (κ3) is 3.34. The highest BCUT2D eigenvalue weighted by Gasteiger charge is 2.23. The number of piperidine rings is 1. The van der Waals surface area contributed by atoms with Crippen molar-refractivity contribution in [1.29, 1.82) is 0 Å². The van der Waals surface area contributed by atoms with Crippen LogP contribution in [0.15, 0.2) is 42.5 Å². The highest BCUT2D eigenvalue weighted by Crippen LogP contribution is 2.19. The van der Waals surface area contributed by atoms with E-state index in [0.29, 0.717) is 19.7 Å². The Morgan fingerprint density at radius 1 is 1.24 bits per heavy atom. The summed E-state index contributed by atoms with van der Waals surface area (Å²) in [6.45, 7) is 1.62. The Hall–Kier alpha value is -2.07. The molecule has 1 heterocycles. The van der Waals surface area contributed by atoms with E-state index < -0.39 is 6.09 Å². The smallest absolute Gasteiger partial charge is 0.407 e. The molecule has 21 heavy (non-hydrogen) atoms. The van der Waals surface area contributed by atoms with Gasteiger partial charge in [0.1, 0.15) is 0 Å². The molecular formula is C17H19NO3. The van der Waals surface area contributed by atoms with Gasteiger partial charge in [0.2, 0.25) is 0 Å². The second-order valence-corrected chi connectivity index (χ2v) is 5.49. The summed E-state index contributed by atoms with van der Waals surface area (Å²) in [5, 5.41) is 11.5. The second-order valence-electron chi connectivity index (χ2n) is 5.49. The summed E-state index contributed by atoms with van der Waals surface area (Å²) in [6, 6.07) is 14.5. The minimum Gasteiger partial charge on any atom is -0.465 e. The van der Waals surface area contributed by atoms with Crippen LogP contribution < -0.4 is 0 Å². The summed E-state index contributed by atoms with van der Waals surface area (Å²) in [5.41, 5.74) is 1.13. The summed E-state index contributed by atoms with van der Waals surface area (Å²) in [7, 11) is 0. The molecule has 1 unspecified atom stereocenters. The van der Waals surface area contributed by atoms with Gasteiger partial charge in [-0.3, -0.25) is 0 Å². The minimum absolute atomic E-state index is 0.00122. The summed E-state index contributed by atoms with van der Waals surface area (Å²) in [5.74, 6) is 0. The van der Waals surface area contributed by atoms with Crippen LogP contribution in [0, 0.1) is 0 Å². The minimum atomic E-state index is -0.853. The maximum Gasteiger partial charge on any atom is 0.407 e. The third-order valence-electron chi connectivity index (χ3n) is 3.95. The fraction of sp³-hybridized carbons (Fsp3) is 0.353. The molecular weight excluding hydrogens is 266 g/mol. The Morgan fingerprint density at radius 3 is 2.86 bits per heavy atom. The van der Waals surface area contributed by atoms with Crippen LogP contribution >= 0.6 is 0 Å². The van der Waals surface area contributed by atoms with E-state index in [9.17, 15) is 4.79 Å². The quantitative estimate of drug-likeness (QED) is 0.939. The summed E-state index contributed by atoms with van der Waals surface area (Å²) < 4.78 is 5.89. The number of hydrogen-bond acceptors (Lipinski definition) is 2. The van der Waals surface area contributed by atoms with Crippen LogP contribution in [0.2, 0.25) is 0 Å². The highest BCUT2D eigenvalue weighted by molar-refractivity contribution is 5.82. The van der Waals surface area contributed by atoms with Crippen molar-refractivity contribution in [2.24, 2.45) is 0 Å². The third-order valence-corrected chi connectivity index (χ3v) is 3.95. The van der Waals surface area contributed by atoms with E-state index >= 15 is 0 Å². The zero-order valence-corrected chi connectivity index (χ0v) is 11.9. The first-order valence-corrected chi connectivity index (χ1v) is 7.29. The maximum atomic E-state index is 11.0. The largest absolute Gasteiger partial charge is 0.465 e. The molecule has 2 aromatic rings. The number of likely N-dealkylation sites (tertiary alicyclic amines) is 1. The number of fused-ring (bicyclic) bond motifs is 1. The molecule has 0 spiro atoms. The van der Waals surface area contributed by atoms with Crippen LogP contribution in [0.4, 0.5) is 4.79 Å². The first kappa shape index (κ1) is 13.9. The van der Waals surface area contributed by atoms with E-state index in [4.69, 9.17) is 9.84 Å². The predicted octanol–water partition coefficient (Wildman–Crippen LogP) is 3.50. The zero-order valence-electron chi connectivity index (χ0n) is 11.9. The molecule has 1 aliphatic heterocycles. The van der Waals surface area contributed by atoms with Gasteiger partial charge in [-0.15, -0.1) is 0 Å². The number of nitrogens with zero attached hydrogens (tertiary/aromatic N) is 1. The van der Waals surface area contributed by atoms with Crippen molar-refractivity contribution in [2.45, 2.75) is 25.6 Å². The summed E-state index contributed by atoms with van der Waals surface area (Å²) >= 11 is 0. The number of amides is 1. The molecule has 4 nitrogen and oxygen atoms in total. The van der Waals surface area contributed by atoms with Crippen molar-refractivity contribution < 1.29 is 14.6 Å². The average molecular weight is 285 g/mol. The van der Waals surface area contributed by atoms with Gasteiger partial charge >= 0.3 is 6.09 Å². The highest BCUT2D eigenvalue weighted by atomic mass is 16.5. The number of rotatable bonds is 3. The van der Waals surface area contributed by atoms with Gasteiger partial charge in [0, 0.05) is 6.54 Å². The van der Waals surface area contributed by atoms with Gasteiger partial charge in [0.05, 0.1) is 19.3 Å². The lowest BCUT2D eigenvalue weighted by molar-refractivity contribution is -0.00606. The standard InChI is InChI=1S/C17H19NO3/c19-17(20)18-9-3-6-16(11-18)21-12-13-7-8-14-4-1-2-5-15(14)10-13/h1-2,4-5,7-8,10,16H,3,6,9,11-12H2,(H,19,20). The molecule has 1 aliphatic rings. The van der Waals surface area contributed by atoms with Crippen LogP contribution in [0.5, 0.6) is 0 Å². The van der Waals surface area contributed by atoms with Gasteiger partial charge in [-0.05, 0) is 35.2 Å². The van der Waals surface area contributed by atoms with Gasteiger partial charge in [-0.2, -0.15) is 0 Å².